The molecule has 0 aromatic heterocycles. The molecule has 9 heteroatoms. The number of carbonyl (C=O) groups excluding carboxylic acids is 2. The van der Waals surface area contributed by atoms with Gasteiger partial charge in [0.2, 0.25) is 0 Å². The molecule has 2 amide bonds. The van der Waals surface area contributed by atoms with Crippen molar-refractivity contribution in [1.82, 2.24) is 4.90 Å². The summed E-state index contributed by atoms with van der Waals surface area (Å²) in [5, 5.41) is 12.8. The third-order valence-electron chi connectivity index (χ3n) is 4.98. The number of hydrogen-bond donors (Lipinski definition) is 2. The van der Waals surface area contributed by atoms with Gasteiger partial charge in [0.25, 0.3) is 11.8 Å². The predicted molar refractivity (Wildman–Crippen MR) is 116 cm³/mol. The van der Waals surface area contributed by atoms with E-state index in [9.17, 15) is 23.5 Å². The number of rotatable bonds is 5. The van der Waals surface area contributed by atoms with Gasteiger partial charge in [0.15, 0.2) is 11.5 Å². The minimum absolute atomic E-state index is 0.0323. The Bertz CT molecular complexity index is 1210. The van der Waals surface area contributed by atoms with Crippen molar-refractivity contribution in [3.05, 3.63) is 82.9 Å². The lowest BCUT2D eigenvalue weighted by molar-refractivity contribution is 0.0781. The van der Waals surface area contributed by atoms with E-state index in [2.05, 4.69) is 5.32 Å². The van der Waals surface area contributed by atoms with Gasteiger partial charge in [-0.1, -0.05) is 6.07 Å². The van der Waals surface area contributed by atoms with Gasteiger partial charge in [-0.15, -0.1) is 0 Å². The number of phenolic OH excluding ortho intramolecular Hbond substituents is 1. The van der Waals surface area contributed by atoms with E-state index in [-0.39, 0.29) is 29.1 Å². The fourth-order valence-electron chi connectivity index (χ4n) is 3.42. The summed E-state index contributed by atoms with van der Waals surface area (Å²) in [5.41, 5.74) is 0.796. The molecular formula is C24H20F2N2O5. The van der Waals surface area contributed by atoms with E-state index in [1.165, 1.54) is 23.1 Å². The summed E-state index contributed by atoms with van der Waals surface area (Å²) in [4.78, 5) is 26.5. The van der Waals surface area contributed by atoms with Gasteiger partial charge in [-0.3, -0.25) is 9.59 Å². The van der Waals surface area contributed by atoms with E-state index in [4.69, 9.17) is 9.47 Å². The van der Waals surface area contributed by atoms with Crippen molar-refractivity contribution >= 4 is 17.5 Å². The Labute approximate surface area is 188 Å². The van der Waals surface area contributed by atoms with Crippen LogP contribution in [-0.2, 0) is 6.54 Å². The highest BCUT2D eigenvalue weighted by Crippen LogP contribution is 2.31. The molecule has 33 heavy (non-hydrogen) atoms. The topological polar surface area (TPSA) is 88.1 Å². The van der Waals surface area contributed by atoms with Crippen LogP contribution in [0.2, 0.25) is 0 Å². The van der Waals surface area contributed by atoms with E-state index in [1.54, 1.807) is 19.2 Å². The van der Waals surface area contributed by atoms with Gasteiger partial charge in [0.1, 0.15) is 30.6 Å². The van der Waals surface area contributed by atoms with Crippen LogP contribution >= 0.6 is 0 Å². The van der Waals surface area contributed by atoms with E-state index >= 15 is 0 Å². The van der Waals surface area contributed by atoms with Crippen LogP contribution in [-0.4, -0.2) is 42.1 Å². The number of aromatic hydroxyl groups is 1. The lowest BCUT2D eigenvalue weighted by atomic mass is 10.1. The molecule has 170 valence electrons. The molecule has 0 saturated heterocycles. The molecule has 7 nitrogen and oxygen atoms in total. The molecule has 2 N–H and O–H groups in total. The van der Waals surface area contributed by atoms with E-state index in [0.29, 0.717) is 30.8 Å². The Kier molecular flexibility index (Phi) is 6.12. The fourth-order valence-corrected chi connectivity index (χ4v) is 3.42. The summed E-state index contributed by atoms with van der Waals surface area (Å²) in [5.74, 6) is -2.06. The van der Waals surface area contributed by atoms with Gasteiger partial charge in [0.05, 0.1) is 5.56 Å². The zero-order chi connectivity index (χ0) is 23.5. The molecular weight excluding hydrogens is 434 g/mol. The van der Waals surface area contributed by atoms with Gasteiger partial charge in [-0.05, 0) is 42.0 Å². The molecule has 4 rings (SSSR count). The Hall–Kier alpha value is -4.14. The maximum atomic E-state index is 13.3. The minimum Gasteiger partial charge on any atom is -0.507 e. The number of anilines is 1. The number of hydrogen-bond acceptors (Lipinski definition) is 5. The number of nitrogens with one attached hydrogen (secondary N) is 1. The summed E-state index contributed by atoms with van der Waals surface area (Å²) in [6, 6.07) is 11.8. The van der Waals surface area contributed by atoms with Crippen molar-refractivity contribution < 1.29 is 33.0 Å². The van der Waals surface area contributed by atoms with Crippen LogP contribution in [0, 0.1) is 11.6 Å². The van der Waals surface area contributed by atoms with Gasteiger partial charge in [-0.2, -0.15) is 0 Å². The van der Waals surface area contributed by atoms with E-state index < -0.39 is 23.4 Å². The van der Waals surface area contributed by atoms with Crippen molar-refractivity contribution in [2.24, 2.45) is 0 Å². The predicted octanol–water partition coefficient (Wildman–Crippen LogP) is 3.97. The van der Waals surface area contributed by atoms with Crippen LogP contribution in [0.3, 0.4) is 0 Å². The van der Waals surface area contributed by atoms with Crippen molar-refractivity contribution in [3.63, 3.8) is 0 Å². The number of phenols is 1. The van der Waals surface area contributed by atoms with Crippen LogP contribution in [0.15, 0.2) is 54.6 Å². The normalized spacial score (nSPS) is 12.2. The molecule has 0 bridgehead atoms. The summed E-state index contributed by atoms with van der Waals surface area (Å²) in [6.45, 7) is 1.20. The minimum atomic E-state index is -0.884. The second-order valence-corrected chi connectivity index (χ2v) is 7.48. The summed E-state index contributed by atoms with van der Waals surface area (Å²) < 4.78 is 37.7. The lowest BCUT2D eigenvalue weighted by Gasteiger charge is -2.21. The summed E-state index contributed by atoms with van der Waals surface area (Å²) >= 11 is 0. The molecule has 0 saturated carbocycles. The van der Waals surface area contributed by atoms with Crippen LogP contribution in [0.5, 0.6) is 17.2 Å². The highest BCUT2D eigenvalue weighted by atomic mass is 19.1. The van der Waals surface area contributed by atoms with Crippen molar-refractivity contribution in [3.8, 4) is 17.2 Å². The third kappa shape index (κ3) is 5.03. The lowest BCUT2D eigenvalue weighted by Crippen LogP contribution is -2.26. The standard InChI is InChI=1S/C24H20F2N2O5/c1-28(13-14-2-5-21-22(8-14)33-7-6-32-21)24(31)19-4-3-18(12-20(19)29)27-23(30)15-9-16(25)11-17(26)10-15/h2-5,8-12,29H,6-7,13H2,1H3,(H,27,30). The van der Waals surface area contributed by atoms with Gasteiger partial charge in [-0.25, -0.2) is 8.78 Å². The maximum absolute atomic E-state index is 13.3. The number of amides is 2. The molecule has 0 radical (unpaired) electrons. The van der Waals surface area contributed by atoms with Crippen LogP contribution < -0.4 is 14.8 Å². The van der Waals surface area contributed by atoms with Gasteiger partial charge < -0.3 is 24.8 Å². The summed E-state index contributed by atoms with van der Waals surface area (Å²) in [6.07, 6.45) is 0. The quantitative estimate of drug-likeness (QED) is 0.609. The second-order valence-electron chi connectivity index (χ2n) is 7.48. The molecule has 1 aliphatic rings. The number of nitrogens with zero attached hydrogens (tertiary/aromatic N) is 1. The number of halogens is 2. The molecule has 1 heterocycles. The highest BCUT2D eigenvalue weighted by molar-refractivity contribution is 6.05. The molecule has 0 fully saturated rings. The molecule has 0 aliphatic carbocycles. The molecule has 0 spiro atoms. The zero-order valence-electron chi connectivity index (χ0n) is 17.6. The Morgan fingerprint density at radius 3 is 2.36 bits per heavy atom. The smallest absolute Gasteiger partial charge is 0.257 e. The second kappa shape index (κ2) is 9.15. The first-order valence-electron chi connectivity index (χ1n) is 10.0. The SMILES string of the molecule is CN(Cc1ccc2c(c1)OCCO2)C(=O)c1ccc(NC(=O)c2cc(F)cc(F)c2)cc1O. The number of benzene rings is 3. The number of fused-ring (bicyclic) bond motifs is 1. The zero-order valence-corrected chi connectivity index (χ0v) is 17.6. The Morgan fingerprint density at radius 2 is 1.67 bits per heavy atom. The number of carbonyl (C=O) groups is 2. The third-order valence-corrected chi connectivity index (χ3v) is 4.98. The highest BCUT2D eigenvalue weighted by Gasteiger charge is 2.19. The molecule has 3 aromatic rings. The monoisotopic (exact) mass is 454 g/mol. The van der Waals surface area contributed by atoms with Crippen molar-refractivity contribution in [1.29, 1.82) is 0 Å². The van der Waals surface area contributed by atoms with Crippen molar-refractivity contribution in [2.45, 2.75) is 6.54 Å². The average Bonchev–Trinajstić information content (AvgIpc) is 2.78. The van der Waals surface area contributed by atoms with Crippen LogP contribution in [0.4, 0.5) is 14.5 Å². The van der Waals surface area contributed by atoms with E-state index in [0.717, 1.165) is 17.7 Å². The molecule has 1 aliphatic heterocycles. The largest absolute Gasteiger partial charge is 0.507 e. The summed E-state index contributed by atoms with van der Waals surface area (Å²) in [7, 11) is 1.59. The molecule has 0 atom stereocenters. The van der Waals surface area contributed by atoms with Gasteiger partial charge in [0, 0.05) is 37.0 Å². The van der Waals surface area contributed by atoms with E-state index in [1.807, 2.05) is 6.07 Å². The number of ether oxygens (including phenoxy) is 2. The van der Waals surface area contributed by atoms with Gasteiger partial charge >= 0.3 is 0 Å². The first-order chi connectivity index (χ1) is 15.8. The van der Waals surface area contributed by atoms with Crippen molar-refractivity contribution in [2.75, 3.05) is 25.6 Å². The van der Waals surface area contributed by atoms with Crippen LogP contribution in [0.25, 0.3) is 0 Å². The molecule has 0 unspecified atom stereocenters. The Balaban J connectivity index is 1.44. The molecule has 3 aromatic carbocycles. The average molecular weight is 454 g/mol. The first kappa shape index (κ1) is 22.1. The van der Waals surface area contributed by atoms with Crippen LogP contribution in [0.1, 0.15) is 26.3 Å². The fraction of sp³-hybridized carbons (Fsp3) is 0.167. The first-order valence-corrected chi connectivity index (χ1v) is 10.0. The maximum Gasteiger partial charge on any atom is 0.257 e. The Morgan fingerprint density at radius 1 is 0.970 bits per heavy atom.